The first-order valence-electron chi connectivity index (χ1n) is 6.49. The Kier molecular flexibility index (Phi) is 2.26. The Morgan fingerprint density at radius 2 is 2.28 bits per heavy atom. The molecule has 18 heavy (non-hydrogen) atoms. The van der Waals surface area contributed by atoms with Gasteiger partial charge in [-0.2, -0.15) is 5.10 Å². The maximum Gasteiger partial charge on any atom is 0.225 e. The van der Waals surface area contributed by atoms with E-state index in [0.717, 1.165) is 23.9 Å². The average Bonchev–Trinajstić information content (AvgIpc) is 2.93. The number of hydrogen-bond acceptors (Lipinski definition) is 4. The molecule has 1 aliphatic heterocycles. The molecule has 1 saturated carbocycles. The van der Waals surface area contributed by atoms with Crippen molar-refractivity contribution >= 4 is 10.9 Å². The monoisotopic (exact) mass is 245 g/mol. The highest BCUT2D eigenvalue weighted by Gasteiger charge is 2.30. The van der Waals surface area contributed by atoms with Crippen molar-refractivity contribution in [2.45, 2.75) is 31.3 Å². The minimum absolute atomic E-state index is 0.130. The highest BCUT2D eigenvalue weighted by atomic mass is 16.5. The van der Waals surface area contributed by atoms with Crippen molar-refractivity contribution in [1.82, 2.24) is 15.2 Å². The molecule has 5 heteroatoms. The Balaban J connectivity index is 1.75. The van der Waals surface area contributed by atoms with Gasteiger partial charge in [-0.3, -0.25) is 5.10 Å². The number of ether oxygens (including phenoxy) is 2. The van der Waals surface area contributed by atoms with Crippen molar-refractivity contribution in [1.29, 1.82) is 0 Å². The third-order valence-corrected chi connectivity index (χ3v) is 3.61. The van der Waals surface area contributed by atoms with Crippen molar-refractivity contribution in [3.63, 3.8) is 0 Å². The van der Waals surface area contributed by atoms with Gasteiger partial charge in [0.1, 0.15) is 6.10 Å². The van der Waals surface area contributed by atoms with Crippen molar-refractivity contribution in [3.8, 4) is 5.88 Å². The lowest BCUT2D eigenvalue weighted by molar-refractivity contribution is 0.139. The van der Waals surface area contributed by atoms with Gasteiger partial charge in [0.2, 0.25) is 5.88 Å². The molecule has 4 rings (SSSR count). The van der Waals surface area contributed by atoms with Gasteiger partial charge in [0, 0.05) is 18.5 Å². The molecule has 0 aromatic carbocycles. The second kappa shape index (κ2) is 3.95. The fourth-order valence-corrected chi connectivity index (χ4v) is 2.48. The SMILES string of the molecule is c1cc2n[nH]c(C3CC3)c2c(O[C@H]2CCOC2)n1. The van der Waals surface area contributed by atoms with Crippen LogP contribution in [0.1, 0.15) is 30.9 Å². The summed E-state index contributed by atoms with van der Waals surface area (Å²) in [6.45, 7) is 1.44. The topological polar surface area (TPSA) is 60.0 Å². The standard InChI is InChI=1S/C13H15N3O2/c1-2-8(1)12-11-10(15-16-12)3-5-14-13(11)18-9-4-6-17-7-9/h3,5,8-9H,1-2,4,6-7H2,(H,15,16)/t9-/m0/s1. The number of fused-ring (bicyclic) bond motifs is 1. The van der Waals surface area contributed by atoms with Gasteiger partial charge in [-0.1, -0.05) is 0 Å². The molecule has 1 N–H and O–H groups in total. The van der Waals surface area contributed by atoms with Gasteiger partial charge in [0.25, 0.3) is 0 Å². The second-order valence-electron chi connectivity index (χ2n) is 5.03. The maximum atomic E-state index is 5.97. The highest BCUT2D eigenvalue weighted by Crippen LogP contribution is 2.43. The summed E-state index contributed by atoms with van der Waals surface area (Å²) in [5, 5.41) is 8.54. The molecule has 0 spiro atoms. The molecule has 3 heterocycles. The molecule has 0 radical (unpaired) electrons. The molecule has 2 aromatic rings. The number of hydrogen-bond donors (Lipinski definition) is 1. The fraction of sp³-hybridized carbons (Fsp3) is 0.538. The largest absolute Gasteiger partial charge is 0.471 e. The van der Waals surface area contributed by atoms with Crippen LogP contribution in [0.3, 0.4) is 0 Å². The number of aromatic amines is 1. The van der Waals surface area contributed by atoms with E-state index in [0.29, 0.717) is 18.4 Å². The zero-order valence-corrected chi connectivity index (χ0v) is 10.1. The normalized spacial score (nSPS) is 23.7. The molecule has 1 saturated heterocycles. The molecule has 0 unspecified atom stereocenters. The van der Waals surface area contributed by atoms with E-state index < -0.39 is 0 Å². The van der Waals surface area contributed by atoms with Gasteiger partial charge in [0.15, 0.2) is 0 Å². The molecule has 0 amide bonds. The van der Waals surface area contributed by atoms with E-state index in [1.54, 1.807) is 6.20 Å². The van der Waals surface area contributed by atoms with E-state index in [2.05, 4.69) is 15.2 Å². The van der Waals surface area contributed by atoms with Crippen molar-refractivity contribution < 1.29 is 9.47 Å². The van der Waals surface area contributed by atoms with Crippen LogP contribution in [0.25, 0.3) is 10.9 Å². The van der Waals surface area contributed by atoms with E-state index in [9.17, 15) is 0 Å². The Morgan fingerprint density at radius 1 is 1.33 bits per heavy atom. The third kappa shape index (κ3) is 1.66. The van der Waals surface area contributed by atoms with Gasteiger partial charge in [-0.25, -0.2) is 4.98 Å². The number of rotatable bonds is 3. The molecule has 1 aliphatic carbocycles. The van der Waals surface area contributed by atoms with Gasteiger partial charge < -0.3 is 9.47 Å². The average molecular weight is 245 g/mol. The van der Waals surface area contributed by atoms with Gasteiger partial charge in [-0.15, -0.1) is 0 Å². The number of aromatic nitrogens is 3. The Labute approximate surface area is 105 Å². The molecular formula is C13H15N3O2. The van der Waals surface area contributed by atoms with Crippen LogP contribution in [0.2, 0.25) is 0 Å². The fourth-order valence-electron chi connectivity index (χ4n) is 2.48. The number of pyridine rings is 1. The molecular weight excluding hydrogens is 230 g/mol. The van der Waals surface area contributed by atoms with Crippen molar-refractivity contribution in [3.05, 3.63) is 18.0 Å². The maximum absolute atomic E-state index is 5.97. The van der Waals surface area contributed by atoms with Crippen molar-refractivity contribution in [2.24, 2.45) is 0 Å². The van der Waals surface area contributed by atoms with Crippen LogP contribution < -0.4 is 4.74 Å². The molecule has 94 valence electrons. The van der Waals surface area contributed by atoms with E-state index in [1.807, 2.05) is 6.07 Å². The Morgan fingerprint density at radius 3 is 3.06 bits per heavy atom. The van der Waals surface area contributed by atoms with Crippen LogP contribution in [-0.4, -0.2) is 34.5 Å². The molecule has 2 fully saturated rings. The molecule has 0 bridgehead atoms. The summed E-state index contributed by atoms with van der Waals surface area (Å²) in [5.74, 6) is 1.32. The van der Waals surface area contributed by atoms with Crippen LogP contribution in [0, 0.1) is 0 Å². The summed E-state index contributed by atoms with van der Waals surface area (Å²) in [5.41, 5.74) is 2.13. The molecule has 2 aromatic heterocycles. The minimum Gasteiger partial charge on any atom is -0.471 e. The van der Waals surface area contributed by atoms with Crippen LogP contribution in [0.5, 0.6) is 5.88 Å². The summed E-state index contributed by atoms with van der Waals surface area (Å²) in [7, 11) is 0. The van der Waals surface area contributed by atoms with Crippen LogP contribution in [-0.2, 0) is 4.74 Å². The molecule has 1 atom stereocenters. The lowest BCUT2D eigenvalue weighted by Gasteiger charge is -2.11. The minimum atomic E-state index is 0.130. The zero-order chi connectivity index (χ0) is 11.9. The molecule has 5 nitrogen and oxygen atoms in total. The highest BCUT2D eigenvalue weighted by molar-refractivity contribution is 5.86. The van der Waals surface area contributed by atoms with E-state index in [-0.39, 0.29) is 6.10 Å². The lowest BCUT2D eigenvalue weighted by atomic mass is 10.2. The zero-order valence-electron chi connectivity index (χ0n) is 10.1. The first kappa shape index (κ1) is 10.3. The van der Waals surface area contributed by atoms with Gasteiger partial charge in [0.05, 0.1) is 29.8 Å². The summed E-state index contributed by atoms with van der Waals surface area (Å²) in [6.07, 6.45) is 5.29. The number of nitrogens with zero attached hydrogens (tertiary/aromatic N) is 2. The Bertz CT molecular complexity index is 571. The molecule has 2 aliphatic rings. The van der Waals surface area contributed by atoms with Crippen LogP contribution in [0.4, 0.5) is 0 Å². The summed E-state index contributed by atoms with van der Waals surface area (Å²) >= 11 is 0. The van der Waals surface area contributed by atoms with E-state index in [1.165, 1.54) is 18.5 Å². The quantitative estimate of drug-likeness (QED) is 0.898. The lowest BCUT2D eigenvalue weighted by Crippen LogP contribution is -2.16. The summed E-state index contributed by atoms with van der Waals surface area (Å²) in [6, 6.07) is 1.93. The van der Waals surface area contributed by atoms with E-state index in [4.69, 9.17) is 9.47 Å². The van der Waals surface area contributed by atoms with E-state index >= 15 is 0 Å². The third-order valence-electron chi connectivity index (χ3n) is 3.61. The van der Waals surface area contributed by atoms with Crippen LogP contribution >= 0.6 is 0 Å². The second-order valence-corrected chi connectivity index (χ2v) is 5.03. The smallest absolute Gasteiger partial charge is 0.225 e. The predicted molar refractivity (Wildman–Crippen MR) is 65.7 cm³/mol. The van der Waals surface area contributed by atoms with Gasteiger partial charge in [-0.05, 0) is 18.9 Å². The number of H-pyrrole nitrogens is 1. The summed E-state index contributed by atoms with van der Waals surface area (Å²) < 4.78 is 11.3. The Hall–Kier alpha value is -1.62. The first-order chi connectivity index (χ1) is 8.92. The first-order valence-corrected chi connectivity index (χ1v) is 6.49. The summed E-state index contributed by atoms with van der Waals surface area (Å²) in [4.78, 5) is 4.38. The predicted octanol–water partition coefficient (Wildman–Crippen LogP) is 2.00. The van der Waals surface area contributed by atoms with Crippen molar-refractivity contribution in [2.75, 3.05) is 13.2 Å². The number of nitrogens with one attached hydrogen (secondary N) is 1. The van der Waals surface area contributed by atoms with Gasteiger partial charge >= 0.3 is 0 Å². The van der Waals surface area contributed by atoms with Crippen LogP contribution in [0.15, 0.2) is 12.3 Å².